The summed E-state index contributed by atoms with van der Waals surface area (Å²) in [5.41, 5.74) is 2.75. The number of carbonyl (C=O) groups excluding carboxylic acids is 2. The molecule has 4 N–H and O–H groups in total. The topological polar surface area (TPSA) is 93.7 Å². The number of rotatable bonds is 10. The van der Waals surface area contributed by atoms with E-state index in [9.17, 15) is 14.7 Å². The highest BCUT2D eigenvalue weighted by molar-refractivity contribution is 5.94. The van der Waals surface area contributed by atoms with Crippen LogP contribution in [0.2, 0.25) is 0 Å². The smallest absolute Gasteiger partial charge is 0.316 e. The monoisotopic (exact) mass is 514 g/mol. The Morgan fingerprint density at radius 2 is 1.47 bits per heavy atom. The van der Waals surface area contributed by atoms with Gasteiger partial charge in [-0.2, -0.15) is 0 Å². The van der Waals surface area contributed by atoms with Crippen LogP contribution in [0.3, 0.4) is 0 Å². The van der Waals surface area contributed by atoms with Crippen LogP contribution in [0.5, 0.6) is 0 Å². The molecule has 4 rings (SSSR count). The molecule has 1 aliphatic rings. The average Bonchev–Trinajstić information content (AvgIpc) is 2.95. The number of nitrogens with zero attached hydrogens (tertiary/aromatic N) is 1. The van der Waals surface area contributed by atoms with E-state index in [-0.39, 0.29) is 30.1 Å². The summed E-state index contributed by atoms with van der Waals surface area (Å²) in [4.78, 5) is 27.7. The Bertz CT molecular complexity index is 1100. The number of carbonyl (C=O) groups is 2. The SMILES string of the molecule is CCCCNC(=O)NC1CC(CNC(=O)c2ccccc2)C(O)CN1C(c1ccccc1)c1ccccc1. The fourth-order valence-corrected chi connectivity index (χ4v) is 5.06. The number of benzene rings is 3. The predicted molar refractivity (Wildman–Crippen MR) is 150 cm³/mol. The Labute approximate surface area is 225 Å². The highest BCUT2D eigenvalue weighted by Gasteiger charge is 2.39. The second-order valence-corrected chi connectivity index (χ2v) is 9.83. The number of hydrogen-bond donors (Lipinski definition) is 4. The minimum Gasteiger partial charge on any atom is -0.391 e. The molecule has 0 radical (unpaired) electrons. The molecular weight excluding hydrogens is 476 g/mol. The first-order valence-electron chi connectivity index (χ1n) is 13.5. The predicted octanol–water partition coefficient (Wildman–Crippen LogP) is 4.31. The Kier molecular flexibility index (Phi) is 9.90. The molecule has 7 heteroatoms. The summed E-state index contributed by atoms with van der Waals surface area (Å²) in [7, 11) is 0. The zero-order valence-corrected chi connectivity index (χ0v) is 21.9. The van der Waals surface area contributed by atoms with Crippen LogP contribution < -0.4 is 16.0 Å². The summed E-state index contributed by atoms with van der Waals surface area (Å²) in [6.07, 6.45) is 1.38. The largest absolute Gasteiger partial charge is 0.391 e. The number of nitrogens with one attached hydrogen (secondary N) is 3. The second-order valence-electron chi connectivity index (χ2n) is 9.83. The molecule has 1 saturated heterocycles. The van der Waals surface area contributed by atoms with Crippen molar-refractivity contribution in [1.29, 1.82) is 0 Å². The standard InChI is InChI=1S/C31H38N4O3/c1-2-3-19-32-31(38)34-28-20-26(21-33-30(37)25-17-11-6-12-18-25)27(36)22-35(28)29(23-13-7-4-8-14-23)24-15-9-5-10-16-24/h4-18,26-29,36H,2-3,19-22H2,1H3,(H,33,37)(H2,32,34,38). The van der Waals surface area contributed by atoms with E-state index in [1.165, 1.54) is 0 Å². The third kappa shape index (κ3) is 7.21. The molecule has 3 atom stereocenters. The molecule has 3 amide bonds. The summed E-state index contributed by atoms with van der Waals surface area (Å²) in [6.45, 7) is 3.36. The van der Waals surface area contributed by atoms with Gasteiger partial charge in [0.1, 0.15) is 0 Å². The van der Waals surface area contributed by atoms with Crippen molar-refractivity contribution in [2.24, 2.45) is 5.92 Å². The van der Waals surface area contributed by atoms with E-state index in [1.807, 2.05) is 54.6 Å². The minimum absolute atomic E-state index is 0.159. The van der Waals surface area contributed by atoms with Crippen molar-refractivity contribution < 1.29 is 14.7 Å². The fourth-order valence-electron chi connectivity index (χ4n) is 5.06. The van der Waals surface area contributed by atoms with Crippen LogP contribution >= 0.6 is 0 Å². The molecule has 3 aromatic carbocycles. The molecule has 1 fully saturated rings. The van der Waals surface area contributed by atoms with Gasteiger partial charge in [0.05, 0.1) is 18.3 Å². The second kappa shape index (κ2) is 13.7. The highest BCUT2D eigenvalue weighted by atomic mass is 16.3. The van der Waals surface area contributed by atoms with Gasteiger partial charge < -0.3 is 21.1 Å². The van der Waals surface area contributed by atoms with Crippen molar-refractivity contribution in [3.8, 4) is 0 Å². The Morgan fingerprint density at radius 3 is 2.05 bits per heavy atom. The summed E-state index contributed by atoms with van der Waals surface area (Å²) in [6, 6.07) is 29.0. The maximum atomic E-state index is 12.9. The van der Waals surface area contributed by atoms with E-state index in [0.717, 1.165) is 24.0 Å². The lowest BCUT2D eigenvalue weighted by Gasteiger charge is -2.46. The lowest BCUT2D eigenvalue weighted by Crippen LogP contribution is -2.60. The molecule has 0 aromatic heterocycles. The van der Waals surface area contributed by atoms with Gasteiger partial charge in [0, 0.05) is 31.1 Å². The molecule has 0 aliphatic carbocycles. The summed E-state index contributed by atoms with van der Waals surface area (Å²) < 4.78 is 0. The zero-order valence-electron chi connectivity index (χ0n) is 21.9. The van der Waals surface area contributed by atoms with Gasteiger partial charge in [-0.3, -0.25) is 9.69 Å². The molecule has 200 valence electrons. The van der Waals surface area contributed by atoms with Crippen molar-refractivity contribution in [2.75, 3.05) is 19.6 Å². The number of likely N-dealkylation sites (tertiary alicyclic amines) is 1. The lowest BCUT2D eigenvalue weighted by atomic mass is 9.87. The van der Waals surface area contributed by atoms with Crippen LogP contribution in [-0.4, -0.2) is 53.8 Å². The molecule has 1 heterocycles. The maximum Gasteiger partial charge on any atom is 0.316 e. The van der Waals surface area contributed by atoms with Gasteiger partial charge in [-0.1, -0.05) is 92.2 Å². The van der Waals surface area contributed by atoms with E-state index in [1.54, 1.807) is 12.1 Å². The number of amides is 3. The number of urea groups is 1. The molecule has 38 heavy (non-hydrogen) atoms. The van der Waals surface area contributed by atoms with E-state index >= 15 is 0 Å². The molecular formula is C31H38N4O3. The van der Waals surface area contributed by atoms with Gasteiger partial charge in [0.2, 0.25) is 0 Å². The number of hydrogen-bond acceptors (Lipinski definition) is 4. The molecule has 7 nitrogen and oxygen atoms in total. The third-order valence-corrected chi connectivity index (χ3v) is 7.11. The van der Waals surface area contributed by atoms with Crippen molar-refractivity contribution in [3.05, 3.63) is 108 Å². The van der Waals surface area contributed by atoms with Crippen LogP contribution in [0, 0.1) is 5.92 Å². The van der Waals surface area contributed by atoms with E-state index < -0.39 is 6.10 Å². The molecule has 0 saturated carbocycles. The molecule has 0 spiro atoms. The molecule has 0 bridgehead atoms. The number of β-amino-alcohol motifs (C(OH)–C–C–N with tert-alkyl or cyclic N) is 1. The quantitative estimate of drug-likeness (QED) is 0.303. The third-order valence-electron chi connectivity index (χ3n) is 7.11. The first kappa shape index (κ1) is 27.4. The van der Waals surface area contributed by atoms with Crippen LogP contribution in [0.25, 0.3) is 0 Å². The van der Waals surface area contributed by atoms with Crippen LogP contribution in [-0.2, 0) is 0 Å². The molecule has 3 unspecified atom stereocenters. The number of unbranched alkanes of at least 4 members (excludes halogenated alkanes) is 1. The Balaban J connectivity index is 1.57. The van der Waals surface area contributed by atoms with E-state index in [0.29, 0.717) is 31.6 Å². The van der Waals surface area contributed by atoms with Crippen LogP contribution in [0.1, 0.15) is 53.7 Å². The van der Waals surface area contributed by atoms with E-state index in [4.69, 9.17) is 0 Å². The van der Waals surface area contributed by atoms with Crippen molar-refractivity contribution in [2.45, 2.75) is 44.5 Å². The zero-order chi connectivity index (χ0) is 26.7. The Hall–Kier alpha value is -3.68. The first-order chi connectivity index (χ1) is 18.6. The summed E-state index contributed by atoms with van der Waals surface area (Å²) in [5, 5.41) is 20.4. The Morgan fingerprint density at radius 1 is 0.895 bits per heavy atom. The van der Waals surface area contributed by atoms with Crippen LogP contribution in [0.15, 0.2) is 91.0 Å². The van der Waals surface area contributed by atoms with Crippen molar-refractivity contribution in [1.82, 2.24) is 20.9 Å². The number of piperidine rings is 1. The van der Waals surface area contributed by atoms with Gasteiger partial charge in [-0.05, 0) is 36.1 Å². The minimum atomic E-state index is -0.679. The summed E-state index contributed by atoms with van der Waals surface area (Å²) >= 11 is 0. The van der Waals surface area contributed by atoms with Gasteiger partial charge in [0.15, 0.2) is 0 Å². The van der Waals surface area contributed by atoms with E-state index in [2.05, 4.69) is 52.0 Å². The maximum absolute atomic E-state index is 12.9. The molecule has 3 aromatic rings. The van der Waals surface area contributed by atoms with Gasteiger partial charge in [-0.15, -0.1) is 0 Å². The van der Waals surface area contributed by atoms with Crippen LogP contribution in [0.4, 0.5) is 4.79 Å². The van der Waals surface area contributed by atoms with Gasteiger partial charge in [-0.25, -0.2) is 4.79 Å². The summed E-state index contributed by atoms with van der Waals surface area (Å²) in [5.74, 6) is -0.388. The highest BCUT2D eigenvalue weighted by Crippen LogP contribution is 2.35. The fraction of sp³-hybridized carbons (Fsp3) is 0.355. The normalized spacial score (nSPS) is 19.6. The first-order valence-corrected chi connectivity index (χ1v) is 13.5. The van der Waals surface area contributed by atoms with Gasteiger partial charge >= 0.3 is 6.03 Å². The number of aliphatic hydroxyl groups is 1. The van der Waals surface area contributed by atoms with Gasteiger partial charge in [0.25, 0.3) is 5.91 Å². The lowest BCUT2D eigenvalue weighted by molar-refractivity contribution is -0.0290. The van der Waals surface area contributed by atoms with Crippen molar-refractivity contribution in [3.63, 3.8) is 0 Å². The number of aliphatic hydroxyl groups excluding tert-OH is 1. The molecule has 1 aliphatic heterocycles. The van der Waals surface area contributed by atoms with Crippen molar-refractivity contribution >= 4 is 11.9 Å². The average molecular weight is 515 g/mol.